The number of rotatable bonds is 11. The molecule has 2 unspecified atom stereocenters. The molecule has 6 N–H and O–H groups in total. The van der Waals surface area contributed by atoms with Gasteiger partial charge in [-0.2, -0.15) is 0 Å². The van der Waals surface area contributed by atoms with Crippen LogP contribution in [0.2, 0.25) is 0 Å². The van der Waals surface area contributed by atoms with E-state index in [1.807, 2.05) is 13.8 Å². The molecule has 0 aliphatic carbocycles. The molecule has 3 aliphatic rings. The first-order valence-electron chi connectivity index (χ1n) is 12.0. The molecule has 1 aromatic rings. The lowest BCUT2D eigenvalue weighted by atomic mass is 9.98. The van der Waals surface area contributed by atoms with Crippen LogP contribution in [0.4, 0.5) is 5.13 Å². The van der Waals surface area contributed by atoms with Crippen molar-refractivity contribution in [3.8, 4) is 0 Å². The van der Waals surface area contributed by atoms with E-state index in [-0.39, 0.29) is 46.3 Å². The Morgan fingerprint density at radius 1 is 1.39 bits per heavy atom. The van der Waals surface area contributed by atoms with Gasteiger partial charge in [-0.3, -0.25) is 29.5 Å². The molecule has 0 bridgehead atoms. The first-order valence-corrected chi connectivity index (χ1v) is 15.0. The van der Waals surface area contributed by atoms with Gasteiger partial charge >= 0.3 is 17.8 Å². The number of hydrogen-bond acceptors (Lipinski definition) is 14. The second-order valence-corrected chi connectivity index (χ2v) is 12.4. The Hall–Kier alpha value is -3.39. The van der Waals surface area contributed by atoms with Crippen LogP contribution < -0.4 is 21.9 Å². The molecule has 3 aliphatic heterocycles. The molecule has 0 radical (unpaired) electrons. The van der Waals surface area contributed by atoms with Crippen molar-refractivity contribution in [2.45, 2.75) is 30.4 Å². The number of nitrogen functional groups attached to an aromatic ring is 1. The zero-order valence-corrected chi connectivity index (χ0v) is 24.8. The minimum Gasteiger partial charge on any atom is -0.477 e. The SMILES string of the molecule is COC1(NC(=O)C(=NOCC(C)C)c2csc(N)n2)C(=O)N2C(C(=O)O)=C(CSC3NNC(=O)C(=O)N3C)CS[C@H]21. The van der Waals surface area contributed by atoms with Crippen molar-refractivity contribution in [3.05, 3.63) is 22.3 Å². The number of aromatic nitrogens is 1. The van der Waals surface area contributed by atoms with Crippen LogP contribution in [-0.4, -0.2) is 104 Å². The quantitative estimate of drug-likeness (QED) is 0.0649. The number of ether oxygens (including phenoxy) is 1. The summed E-state index contributed by atoms with van der Waals surface area (Å²) in [7, 11) is 2.66. The number of oxime groups is 1. The average Bonchev–Trinajstić information content (AvgIpc) is 3.36. The summed E-state index contributed by atoms with van der Waals surface area (Å²) in [6, 6.07) is 0. The van der Waals surface area contributed by atoms with E-state index in [1.54, 1.807) is 0 Å². The largest absolute Gasteiger partial charge is 0.477 e. The lowest BCUT2D eigenvalue weighted by Gasteiger charge is -2.55. The Morgan fingerprint density at radius 3 is 2.73 bits per heavy atom. The molecule has 0 saturated carbocycles. The first-order chi connectivity index (χ1) is 19.4. The number of likely N-dealkylation sites (N-methyl/N-ethyl adjacent to an activating group) is 1. The molecule has 0 aromatic carbocycles. The van der Waals surface area contributed by atoms with E-state index in [0.717, 1.165) is 28.0 Å². The number of thioether (sulfide) groups is 2. The minimum absolute atomic E-state index is 0.122. The van der Waals surface area contributed by atoms with E-state index >= 15 is 0 Å². The number of fused-ring (bicyclic) bond motifs is 1. The van der Waals surface area contributed by atoms with E-state index in [0.29, 0.717) is 5.57 Å². The third kappa shape index (κ3) is 5.85. The number of nitrogens with zero attached hydrogens (tertiary/aromatic N) is 4. The molecule has 4 rings (SSSR count). The Balaban J connectivity index is 1.54. The first kappa shape index (κ1) is 30.6. The van der Waals surface area contributed by atoms with Gasteiger partial charge in [0.15, 0.2) is 10.8 Å². The number of thiazole rings is 1. The van der Waals surface area contributed by atoms with Crippen molar-refractivity contribution in [1.29, 1.82) is 0 Å². The number of β-lactam (4-membered cyclic amide) rings is 1. The number of amides is 4. The summed E-state index contributed by atoms with van der Waals surface area (Å²) in [5.41, 5.74) is 8.20. The zero-order valence-electron chi connectivity index (χ0n) is 22.3. The number of anilines is 1. The normalized spacial score (nSPS) is 24.7. The third-order valence-electron chi connectivity index (χ3n) is 6.07. The van der Waals surface area contributed by atoms with Gasteiger partial charge in [0.2, 0.25) is 0 Å². The lowest BCUT2D eigenvalue weighted by molar-refractivity contribution is -0.191. The van der Waals surface area contributed by atoms with Gasteiger partial charge in [0, 0.05) is 31.0 Å². The highest BCUT2D eigenvalue weighted by Gasteiger charge is 2.67. The van der Waals surface area contributed by atoms with Gasteiger partial charge < -0.3 is 30.6 Å². The molecule has 3 atom stereocenters. The smallest absolute Gasteiger partial charge is 0.352 e. The predicted molar refractivity (Wildman–Crippen MR) is 150 cm³/mol. The van der Waals surface area contributed by atoms with Crippen molar-refractivity contribution in [1.82, 2.24) is 31.0 Å². The van der Waals surface area contributed by atoms with Gasteiger partial charge in [-0.1, -0.05) is 19.0 Å². The Kier molecular flexibility index (Phi) is 9.12. The van der Waals surface area contributed by atoms with Crippen LogP contribution in [0.5, 0.6) is 0 Å². The molecule has 4 heterocycles. The monoisotopic (exact) mass is 628 g/mol. The van der Waals surface area contributed by atoms with Gasteiger partial charge in [-0.05, 0) is 11.5 Å². The van der Waals surface area contributed by atoms with Crippen LogP contribution in [0.25, 0.3) is 0 Å². The number of nitrogens with two attached hydrogens (primary N) is 1. The maximum absolute atomic E-state index is 13.5. The zero-order chi connectivity index (χ0) is 30.1. The van der Waals surface area contributed by atoms with Gasteiger partial charge in [0.05, 0.1) is 0 Å². The molecular formula is C22H28N8O8S3. The molecule has 19 heteroatoms. The summed E-state index contributed by atoms with van der Waals surface area (Å²) in [5.74, 6) is -4.09. The molecule has 41 heavy (non-hydrogen) atoms. The van der Waals surface area contributed by atoms with Crippen molar-refractivity contribution < 1.29 is 38.7 Å². The van der Waals surface area contributed by atoms with Crippen LogP contribution in [0.15, 0.2) is 21.8 Å². The summed E-state index contributed by atoms with van der Waals surface area (Å²) < 4.78 is 5.52. The number of nitrogens with one attached hydrogen (secondary N) is 3. The van der Waals surface area contributed by atoms with Crippen LogP contribution in [0, 0.1) is 5.92 Å². The van der Waals surface area contributed by atoms with Gasteiger partial charge in [-0.25, -0.2) is 15.2 Å². The van der Waals surface area contributed by atoms with Crippen molar-refractivity contribution in [2.24, 2.45) is 11.1 Å². The van der Waals surface area contributed by atoms with Gasteiger partial charge in [-0.15, -0.1) is 34.9 Å². The summed E-state index contributed by atoms with van der Waals surface area (Å²) in [5, 5.41) is 17.3. The molecule has 4 amide bonds. The van der Waals surface area contributed by atoms with Crippen molar-refractivity contribution >= 4 is 75.3 Å². The fourth-order valence-corrected chi connectivity index (χ4v) is 7.19. The third-order valence-corrected chi connectivity index (χ3v) is 9.38. The van der Waals surface area contributed by atoms with Crippen molar-refractivity contribution in [2.75, 3.05) is 38.0 Å². The highest BCUT2D eigenvalue weighted by atomic mass is 32.2. The fraction of sp³-hybridized carbons (Fsp3) is 0.500. The fourth-order valence-electron chi connectivity index (χ4n) is 4.01. The number of hydrazine groups is 1. The minimum atomic E-state index is -1.89. The number of carbonyl (C=O) groups excluding carboxylic acids is 4. The highest BCUT2D eigenvalue weighted by molar-refractivity contribution is 8.01. The average molecular weight is 629 g/mol. The van der Waals surface area contributed by atoms with E-state index in [9.17, 15) is 29.1 Å². The maximum atomic E-state index is 13.5. The van der Waals surface area contributed by atoms with Crippen LogP contribution >= 0.6 is 34.9 Å². The summed E-state index contributed by atoms with van der Waals surface area (Å²) >= 11 is 3.44. The second kappa shape index (κ2) is 12.2. The Labute approximate surface area is 246 Å². The molecule has 222 valence electrons. The van der Waals surface area contributed by atoms with Crippen LogP contribution in [0.3, 0.4) is 0 Å². The van der Waals surface area contributed by atoms with Crippen molar-refractivity contribution in [3.63, 3.8) is 0 Å². The van der Waals surface area contributed by atoms with E-state index in [4.69, 9.17) is 15.3 Å². The van der Waals surface area contributed by atoms with Crippen LogP contribution in [-0.2, 0) is 33.5 Å². The summed E-state index contributed by atoms with van der Waals surface area (Å²) in [4.78, 5) is 74.3. The highest BCUT2D eigenvalue weighted by Crippen LogP contribution is 2.47. The molecule has 16 nitrogen and oxygen atoms in total. The van der Waals surface area contributed by atoms with E-state index in [1.165, 1.54) is 36.2 Å². The molecule has 1 aromatic heterocycles. The number of carboxylic acids is 1. The predicted octanol–water partition coefficient (Wildman–Crippen LogP) is -1.08. The Bertz CT molecular complexity index is 1330. The number of carbonyl (C=O) groups is 5. The summed E-state index contributed by atoms with van der Waals surface area (Å²) in [6.45, 7) is 4.02. The van der Waals surface area contributed by atoms with Gasteiger partial charge in [0.1, 0.15) is 28.9 Å². The molecular weight excluding hydrogens is 600 g/mol. The number of hydrogen-bond donors (Lipinski definition) is 5. The maximum Gasteiger partial charge on any atom is 0.352 e. The Morgan fingerprint density at radius 2 is 2.12 bits per heavy atom. The van der Waals surface area contributed by atoms with Crippen LogP contribution in [0.1, 0.15) is 19.5 Å². The molecule has 0 spiro atoms. The second-order valence-electron chi connectivity index (χ2n) is 9.37. The topological polar surface area (TPSA) is 218 Å². The van der Waals surface area contributed by atoms with E-state index in [2.05, 4.69) is 26.3 Å². The van der Waals surface area contributed by atoms with Gasteiger partial charge in [0.25, 0.3) is 17.5 Å². The molecule has 2 fully saturated rings. The number of aliphatic carboxylic acids is 1. The molecule has 2 saturated heterocycles. The number of carboxylic acid groups (broad SMARTS) is 1. The lowest BCUT2D eigenvalue weighted by Crippen LogP contribution is -2.81. The standard InChI is InChI=1S/C22H28N8O8S3/c1-9(2)5-38-28-12(11-8-40-20(23)24-11)14(31)25-22(37-4)18(36)30-13(17(34)35)10(6-39-19(22)30)7-41-21-27-26-15(32)16(33)29(21)3/h8-9,19,21,27H,5-7H2,1-4H3,(H2,23,24)(H,25,31)(H,26,32)(H,34,35)/t19-,21?,22?/m0/s1. The number of methoxy groups -OCH3 is 1. The van der Waals surface area contributed by atoms with E-state index < -0.39 is 46.2 Å². The summed E-state index contributed by atoms with van der Waals surface area (Å²) in [6.07, 6.45) is 0.